The lowest BCUT2D eigenvalue weighted by molar-refractivity contribution is 1.19. The van der Waals surface area contributed by atoms with Gasteiger partial charge in [0.05, 0.1) is 25.0 Å². The Morgan fingerprint density at radius 1 is 0.652 bits per heavy atom. The third-order valence-corrected chi connectivity index (χ3v) is 3.41. The van der Waals surface area contributed by atoms with Gasteiger partial charge >= 0.3 is 0 Å². The van der Waals surface area contributed by atoms with Gasteiger partial charge in [0.1, 0.15) is 0 Å². The van der Waals surface area contributed by atoms with Crippen molar-refractivity contribution in [3.05, 3.63) is 82.9 Å². The fraction of sp³-hybridized carbons (Fsp3) is 0.143. The summed E-state index contributed by atoms with van der Waals surface area (Å²) in [7, 11) is 0. The number of allylic oxidation sites excluding steroid dienone is 2. The number of nitrogens with zero attached hydrogens (tertiary/aromatic N) is 2. The van der Waals surface area contributed by atoms with Crippen LogP contribution in [0, 0.1) is 22.7 Å². The van der Waals surface area contributed by atoms with Gasteiger partial charge < -0.3 is 0 Å². The largest absolute Gasteiger partial charge is 0.198 e. The Balaban J connectivity index is 1.97. The molecule has 2 aromatic carbocycles. The first kappa shape index (κ1) is 16.3. The van der Waals surface area contributed by atoms with Crippen molar-refractivity contribution in [1.82, 2.24) is 0 Å². The van der Waals surface area contributed by atoms with E-state index in [-0.39, 0.29) is 0 Å². The SMILES string of the molecule is N#CCC=Cc1ccc(Cc2ccc(C=CCC#N)cc2)cc1. The predicted molar refractivity (Wildman–Crippen MR) is 94.2 cm³/mol. The van der Waals surface area contributed by atoms with Crippen LogP contribution in [-0.4, -0.2) is 0 Å². The molecule has 112 valence electrons. The molecule has 2 aromatic rings. The predicted octanol–water partition coefficient (Wildman–Crippen LogP) is 5.13. The van der Waals surface area contributed by atoms with Crippen LogP contribution in [0.4, 0.5) is 0 Å². The number of hydrogen-bond acceptors (Lipinski definition) is 2. The van der Waals surface area contributed by atoms with Crippen molar-refractivity contribution in [3.63, 3.8) is 0 Å². The van der Waals surface area contributed by atoms with Gasteiger partial charge in [-0.3, -0.25) is 0 Å². The van der Waals surface area contributed by atoms with Crippen molar-refractivity contribution >= 4 is 12.2 Å². The average Bonchev–Trinajstić information content (AvgIpc) is 2.58. The molecule has 0 aliphatic rings. The third-order valence-electron chi connectivity index (χ3n) is 3.41. The summed E-state index contributed by atoms with van der Waals surface area (Å²) in [5.74, 6) is 0. The van der Waals surface area contributed by atoms with Crippen LogP contribution >= 0.6 is 0 Å². The molecule has 2 heteroatoms. The summed E-state index contributed by atoms with van der Waals surface area (Å²) in [5, 5.41) is 17.0. The Bertz CT molecular complexity index is 684. The smallest absolute Gasteiger partial charge is 0.0663 e. The molecule has 0 bridgehead atoms. The van der Waals surface area contributed by atoms with Gasteiger partial charge in [-0.2, -0.15) is 10.5 Å². The van der Waals surface area contributed by atoms with Crippen LogP contribution in [-0.2, 0) is 6.42 Å². The van der Waals surface area contributed by atoms with Gasteiger partial charge in [-0.25, -0.2) is 0 Å². The number of benzene rings is 2. The monoisotopic (exact) mass is 298 g/mol. The maximum absolute atomic E-state index is 8.51. The van der Waals surface area contributed by atoms with Crippen LogP contribution in [0.15, 0.2) is 60.7 Å². The minimum Gasteiger partial charge on any atom is -0.198 e. The van der Waals surface area contributed by atoms with E-state index in [0.717, 1.165) is 17.5 Å². The zero-order valence-corrected chi connectivity index (χ0v) is 12.9. The molecule has 0 heterocycles. The first-order chi connectivity index (χ1) is 11.3. The molecule has 0 aliphatic carbocycles. The molecule has 0 fully saturated rings. The van der Waals surface area contributed by atoms with Crippen LogP contribution in [0.2, 0.25) is 0 Å². The lowest BCUT2D eigenvalue weighted by Crippen LogP contribution is -1.88. The normalized spacial score (nSPS) is 10.7. The molecule has 0 radical (unpaired) electrons. The van der Waals surface area contributed by atoms with Gasteiger partial charge in [0.2, 0.25) is 0 Å². The Hall–Kier alpha value is -3.10. The van der Waals surface area contributed by atoms with Gasteiger partial charge in [0.25, 0.3) is 0 Å². The van der Waals surface area contributed by atoms with Crippen LogP contribution in [0.25, 0.3) is 12.2 Å². The Morgan fingerprint density at radius 2 is 1.04 bits per heavy atom. The number of rotatable bonds is 6. The second-order valence-corrected chi connectivity index (χ2v) is 5.19. The highest BCUT2D eigenvalue weighted by Gasteiger charge is 1.97. The Morgan fingerprint density at radius 3 is 1.39 bits per heavy atom. The molecule has 0 unspecified atom stereocenters. The molecule has 0 saturated carbocycles. The topological polar surface area (TPSA) is 47.6 Å². The second kappa shape index (κ2) is 9.03. The van der Waals surface area contributed by atoms with Crippen molar-refractivity contribution in [3.8, 4) is 12.1 Å². The van der Waals surface area contributed by atoms with E-state index in [4.69, 9.17) is 10.5 Å². The zero-order chi connectivity index (χ0) is 16.3. The van der Waals surface area contributed by atoms with Crippen LogP contribution in [0.5, 0.6) is 0 Å². The van der Waals surface area contributed by atoms with Crippen molar-refractivity contribution in [2.45, 2.75) is 19.3 Å². The number of nitriles is 2. The van der Waals surface area contributed by atoms with E-state index in [1.165, 1.54) is 11.1 Å². The molecular formula is C21H18N2. The highest BCUT2D eigenvalue weighted by molar-refractivity contribution is 5.51. The van der Waals surface area contributed by atoms with E-state index in [1.54, 1.807) is 0 Å². The molecular weight excluding hydrogens is 280 g/mol. The van der Waals surface area contributed by atoms with Crippen molar-refractivity contribution in [2.24, 2.45) is 0 Å². The van der Waals surface area contributed by atoms with Crippen LogP contribution in [0.3, 0.4) is 0 Å². The molecule has 2 nitrogen and oxygen atoms in total. The van der Waals surface area contributed by atoms with Gasteiger partial charge in [0.15, 0.2) is 0 Å². The minimum absolute atomic E-state index is 0.441. The van der Waals surface area contributed by atoms with E-state index >= 15 is 0 Å². The lowest BCUT2D eigenvalue weighted by atomic mass is 10.0. The van der Waals surface area contributed by atoms with Gasteiger partial charge in [0, 0.05) is 0 Å². The third kappa shape index (κ3) is 5.65. The first-order valence-electron chi connectivity index (χ1n) is 7.56. The quantitative estimate of drug-likeness (QED) is 0.742. The standard InChI is InChI=1S/C21H18N2/c22-15-3-1-5-18-7-11-20(12-8-18)17-21-13-9-19(10-14-21)6-2-4-16-23/h1-2,5-14H,3-4,17H2. The summed E-state index contributed by atoms with van der Waals surface area (Å²) in [5.41, 5.74) is 4.74. The van der Waals surface area contributed by atoms with Crippen molar-refractivity contribution in [2.75, 3.05) is 0 Å². The van der Waals surface area contributed by atoms with E-state index < -0.39 is 0 Å². The average molecular weight is 298 g/mol. The molecule has 0 N–H and O–H groups in total. The molecule has 0 aromatic heterocycles. The fourth-order valence-corrected chi connectivity index (χ4v) is 2.22. The van der Waals surface area contributed by atoms with Gasteiger partial charge in [-0.05, 0) is 28.7 Å². The molecule has 0 spiro atoms. The summed E-state index contributed by atoms with van der Waals surface area (Å²) >= 11 is 0. The summed E-state index contributed by atoms with van der Waals surface area (Å²) in [4.78, 5) is 0. The minimum atomic E-state index is 0.441. The Kier molecular flexibility index (Phi) is 6.39. The van der Waals surface area contributed by atoms with E-state index in [0.29, 0.717) is 12.8 Å². The zero-order valence-electron chi connectivity index (χ0n) is 12.9. The summed E-state index contributed by atoms with van der Waals surface area (Å²) < 4.78 is 0. The first-order valence-corrected chi connectivity index (χ1v) is 7.56. The van der Waals surface area contributed by atoms with E-state index in [1.807, 2.05) is 24.3 Å². The Labute approximate surface area is 137 Å². The maximum Gasteiger partial charge on any atom is 0.0663 e. The van der Waals surface area contributed by atoms with Crippen molar-refractivity contribution < 1.29 is 0 Å². The van der Waals surface area contributed by atoms with Gasteiger partial charge in [-0.15, -0.1) is 0 Å². The van der Waals surface area contributed by atoms with Crippen LogP contribution in [0.1, 0.15) is 35.1 Å². The molecule has 0 amide bonds. The second-order valence-electron chi connectivity index (χ2n) is 5.19. The summed E-state index contributed by atoms with van der Waals surface area (Å²) in [6.07, 6.45) is 9.45. The highest BCUT2D eigenvalue weighted by Crippen LogP contribution is 2.13. The maximum atomic E-state index is 8.51. The van der Waals surface area contributed by atoms with Crippen molar-refractivity contribution in [1.29, 1.82) is 10.5 Å². The summed E-state index contributed by atoms with van der Waals surface area (Å²) in [6.45, 7) is 0. The van der Waals surface area contributed by atoms with Crippen LogP contribution < -0.4 is 0 Å². The van der Waals surface area contributed by atoms with Gasteiger partial charge in [-0.1, -0.05) is 72.8 Å². The lowest BCUT2D eigenvalue weighted by Gasteiger charge is -2.03. The molecule has 0 atom stereocenters. The van der Waals surface area contributed by atoms with E-state index in [2.05, 4.69) is 60.7 Å². The van der Waals surface area contributed by atoms with E-state index in [9.17, 15) is 0 Å². The molecule has 23 heavy (non-hydrogen) atoms. The molecule has 2 rings (SSSR count). The molecule has 0 saturated heterocycles. The highest BCUT2D eigenvalue weighted by atomic mass is 14.2. The fourth-order valence-electron chi connectivity index (χ4n) is 2.22. The molecule has 0 aliphatic heterocycles. The number of hydrogen-bond donors (Lipinski definition) is 0. The summed E-state index contributed by atoms with van der Waals surface area (Å²) in [6, 6.07) is 20.9.